The van der Waals surface area contributed by atoms with Crippen LogP contribution in [-0.2, 0) is 0 Å². The van der Waals surface area contributed by atoms with Crippen molar-refractivity contribution in [3.63, 3.8) is 0 Å². The van der Waals surface area contributed by atoms with Gasteiger partial charge in [-0.05, 0) is 76.7 Å². The summed E-state index contributed by atoms with van der Waals surface area (Å²) in [7, 11) is 0. The van der Waals surface area contributed by atoms with Crippen molar-refractivity contribution >= 4 is 38.1 Å². The second-order valence-corrected chi connectivity index (χ2v) is 10.3. The quantitative estimate of drug-likeness (QED) is 0.232. The summed E-state index contributed by atoms with van der Waals surface area (Å²) in [6.45, 7) is 0. The molecule has 8 aromatic rings. The minimum atomic E-state index is 0.906. The normalized spacial score (nSPS) is 12.3. The van der Waals surface area contributed by atoms with E-state index in [2.05, 4.69) is 143 Å². The molecule has 0 saturated carbocycles. The van der Waals surface area contributed by atoms with Gasteiger partial charge in [0.1, 0.15) is 11.5 Å². The molecule has 39 heavy (non-hydrogen) atoms. The molecule has 0 unspecified atom stereocenters. The Labute approximate surface area is 224 Å². The second-order valence-electron chi connectivity index (χ2n) is 10.3. The summed E-state index contributed by atoms with van der Waals surface area (Å²) in [5, 5.41) is 4.89. The van der Waals surface area contributed by atoms with Gasteiger partial charge >= 0.3 is 0 Å². The predicted octanol–water partition coefficient (Wildman–Crippen LogP) is 9.63. The summed E-state index contributed by atoms with van der Waals surface area (Å²) in [6.07, 6.45) is 4.31. The average Bonchev–Trinajstić information content (AvgIpc) is 3.56. The van der Waals surface area contributed by atoms with Crippen LogP contribution in [0.3, 0.4) is 0 Å². The molecule has 0 bridgehead atoms. The summed E-state index contributed by atoms with van der Waals surface area (Å²) in [4.78, 5) is 0. The molecule has 0 spiro atoms. The fourth-order valence-corrected chi connectivity index (χ4v) is 6.34. The van der Waals surface area contributed by atoms with Crippen LogP contribution < -0.4 is 4.74 Å². The van der Waals surface area contributed by atoms with Gasteiger partial charge in [-0.15, -0.1) is 0 Å². The molecule has 3 aromatic heterocycles. The lowest BCUT2D eigenvalue weighted by molar-refractivity contribution is 0.487. The second kappa shape index (κ2) is 7.62. The largest absolute Gasteiger partial charge is 0.456 e. The van der Waals surface area contributed by atoms with Crippen molar-refractivity contribution < 1.29 is 4.74 Å². The van der Waals surface area contributed by atoms with Gasteiger partial charge in [-0.25, -0.2) is 0 Å². The van der Waals surface area contributed by atoms with Crippen molar-refractivity contribution in [1.82, 2.24) is 8.97 Å². The molecule has 5 aromatic carbocycles. The fourth-order valence-electron chi connectivity index (χ4n) is 6.34. The Morgan fingerprint density at radius 3 is 2.31 bits per heavy atom. The maximum atomic E-state index is 6.34. The number of nitrogens with zero attached hydrogens (tertiary/aromatic N) is 2. The van der Waals surface area contributed by atoms with Gasteiger partial charge < -0.3 is 13.7 Å². The highest BCUT2D eigenvalue weighted by Crippen LogP contribution is 2.47. The van der Waals surface area contributed by atoms with E-state index in [1.807, 2.05) is 0 Å². The van der Waals surface area contributed by atoms with Crippen molar-refractivity contribution in [3.05, 3.63) is 134 Å². The topological polar surface area (TPSA) is 18.6 Å². The molecule has 4 heterocycles. The zero-order valence-corrected chi connectivity index (χ0v) is 21.0. The van der Waals surface area contributed by atoms with Crippen molar-refractivity contribution in [2.45, 2.75) is 0 Å². The van der Waals surface area contributed by atoms with Crippen LogP contribution in [0.15, 0.2) is 134 Å². The van der Waals surface area contributed by atoms with Gasteiger partial charge in [0, 0.05) is 39.6 Å². The van der Waals surface area contributed by atoms with Gasteiger partial charge in [-0.3, -0.25) is 0 Å². The van der Waals surface area contributed by atoms with E-state index >= 15 is 0 Å². The van der Waals surface area contributed by atoms with Crippen molar-refractivity contribution in [1.29, 1.82) is 0 Å². The van der Waals surface area contributed by atoms with Crippen LogP contribution in [0.2, 0.25) is 0 Å². The lowest BCUT2D eigenvalue weighted by atomic mass is 9.92. The first-order chi connectivity index (χ1) is 19.3. The highest BCUT2D eigenvalue weighted by molar-refractivity contribution is 6.11. The first kappa shape index (κ1) is 20.7. The first-order valence-electron chi connectivity index (χ1n) is 13.3. The van der Waals surface area contributed by atoms with Crippen LogP contribution in [0.4, 0.5) is 0 Å². The third-order valence-corrected chi connectivity index (χ3v) is 8.11. The minimum absolute atomic E-state index is 0.906. The third-order valence-electron chi connectivity index (χ3n) is 8.11. The van der Waals surface area contributed by atoms with E-state index in [0.29, 0.717) is 0 Å². The summed E-state index contributed by atoms with van der Waals surface area (Å²) in [5.41, 5.74) is 9.51. The Hall–Kier alpha value is -5.28. The zero-order valence-electron chi connectivity index (χ0n) is 21.0. The summed E-state index contributed by atoms with van der Waals surface area (Å²) in [6, 6.07) is 43.4. The predicted molar refractivity (Wildman–Crippen MR) is 160 cm³/mol. The van der Waals surface area contributed by atoms with Crippen LogP contribution in [-0.4, -0.2) is 8.97 Å². The van der Waals surface area contributed by atoms with E-state index < -0.39 is 0 Å². The van der Waals surface area contributed by atoms with Crippen LogP contribution in [0.1, 0.15) is 0 Å². The molecule has 182 valence electrons. The van der Waals surface area contributed by atoms with Crippen LogP contribution in [0.25, 0.3) is 66.0 Å². The number of rotatable bonds is 2. The molecule has 0 aliphatic carbocycles. The van der Waals surface area contributed by atoms with Crippen LogP contribution in [0, 0.1) is 0 Å². The van der Waals surface area contributed by atoms with Gasteiger partial charge in [-0.2, -0.15) is 0 Å². The van der Waals surface area contributed by atoms with Crippen molar-refractivity contribution in [2.75, 3.05) is 0 Å². The molecule has 0 atom stereocenters. The van der Waals surface area contributed by atoms with E-state index in [1.54, 1.807) is 0 Å². The number of pyridine rings is 1. The Morgan fingerprint density at radius 2 is 1.36 bits per heavy atom. The Bertz CT molecular complexity index is 2230. The molecule has 1 aliphatic heterocycles. The summed E-state index contributed by atoms with van der Waals surface area (Å²) < 4.78 is 10.9. The van der Waals surface area contributed by atoms with E-state index in [0.717, 1.165) is 22.7 Å². The Kier molecular flexibility index (Phi) is 4.05. The molecule has 0 amide bonds. The third kappa shape index (κ3) is 2.93. The number of hydrogen-bond donors (Lipinski definition) is 0. The monoisotopic (exact) mass is 498 g/mol. The van der Waals surface area contributed by atoms with E-state index in [4.69, 9.17) is 4.74 Å². The van der Waals surface area contributed by atoms with Crippen molar-refractivity contribution in [2.24, 2.45) is 0 Å². The highest BCUT2D eigenvalue weighted by atomic mass is 16.5. The molecule has 0 radical (unpaired) electrons. The van der Waals surface area contributed by atoms with E-state index in [-0.39, 0.29) is 0 Å². The lowest BCUT2D eigenvalue weighted by Gasteiger charge is -2.22. The smallest absolute Gasteiger partial charge is 0.135 e. The molecular weight excluding hydrogens is 476 g/mol. The molecule has 3 nitrogen and oxygen atoms in total. The fraction of sp³-hybridized carbons (Fsp3) is 0. The lowest BCUT2D eigenvalue weighted by Crippen LogP contribution is -1.97. The number of benzene rings is 5. The molecule has 0 saturated heterocycles. The maximum Gasteiger partial charge on any atom is 0.135 e. The number of fused-ring (bicyclic) bond motifs is 6. The van der Waals surface area contributed by atoms with E-state index in [1.165, 1.54) is 54.8 Å². The van der Waals surface area contributed by atoms with Crippen LogP contribution >= 0.6 is 0 Å². The number of hydrogen-bond acceptors (Lipinski definition) is 1. The van der Waals surface area contributed by atoms with Gasteiger partial charge in [0.25, 0.3) is 0 Å². The molecule has 1 aliphatic rings. The minimum Gasteiger partial charge on any atom is -0.456 e. The SMILES string of the molecule is c1cc2c3c(cccc3c1)-c1cc(-c3ccc4c(c3)c3ccccc3n4-c3cc4ccccn4c3)ccc1O2. The van der Waals surface area contributed by atoms with Gasteiger partial charge in [-0.1, -0.05) is 66.7 Å². The molecule has 9 rings (SSSR count). The van der Waals surface area contributed by atoms with Crippen molar-refractivity contribution in [3.8, 4) is 39.4 Å². The highest BCUT2D eigenvalue weighted by Gasteiger charge is 2.21. The van der Waals surface area contributed by atoms with Gasteiger partial charge in [0.15, 0.2) is 0 Å². The average molecular weight is 499 g/mol. The molecule has 0 fully saturated rings. The van der Waals surface area contributed by atoms with Crippen LogP contribution in [0.5, 0.6) is 11.5 Å². The Morgan fingerprint density at radius 1 is 0.538 bits per heavy atom. The van der Waals surface area contributed by atoms with Gasteiger partial charge in [0.05, 0.1) is 16.7 Å². The summed E-state index contributed by atoms with van der Waals surface area (Å²) in [5.74, 6) is 1.83. The molecule has 3 heteroatoms. The van der Waals surface area contributed by atoms with E-state index in [9.17, 15) is 0 Å². The zero-order chi connectivity index (χ0) is 25.5. The number of aromatic nitrogens is 2. The number of ether oxygens (including phenoxy) is 1. The first-order valence-corrected chi connectivity index (χ1v) is 13.3. The maximum absolute atomic E-state index is 6.34. The van der Waals surface area contributed by atoms with Gasteiger partial charge in [0.2, 0.25) is 0 Å². The summed E-state index contributed by atoms with van der Waals surface area (Å²) >= 11 is 0. The Balaban J connectivity index is 1.25. The molecular formula is C36H22N2O. The molecule has 0 N–H and O–H groups in total. The standard InChI is InChI=1S/C36H22N2O/c1-2-12-32-28(10-1)30-19-24(14-16-33(30)38(32)27-21-26-9-3-4-18-37(26)22-27)25-15-17-34-31(20-25)29-11-5-7-23-8-6-13-35(39-34)36(23)29/h1-22H. The number of para-hydroxylation sites is 1.